The first-order valence-corrected chi connectivity index (χ1v) is 5.19. The van der Waals surface area contributed by atoms with E-state index < -0.39 is 0 Å². The van der Waals surface area contributed by atoms with Crippen LogP contribution in [0.25, 0.3) is 0 Å². The molecule has 0 radical (unpaired) electrons. The van der Waals surface area contributed by atoms with Crippen LogP contribution in [0.2, 0.25) is 0 Å². The van der Waals surface area contributed by atoms with Gasteiger partial charge in [-0.15, -0.1) is 0 Å². The molecule has 80 valence electrons. The van der Waals surface area contributed by atoms with E-state index in [0.717, 1.165) is 31.7 Å². The number of ether oxygens (including phenoxy) is 1. The minimum atomic E-state index is -0.330. The fraction of sp³-hybridized carbons (Fsp3) is 0.636. The third-order valence-corrected chi connectivity index (χ3v) is 2.24. The second-order valence-corrected chi connectivity index (χ2v) is 3.30. The van der Waals surface area contributed by atoms with Crippen LogP contribution in [0.15, 0.2) is 18.5 Å². The van der Waals surface area contributed by atoms with Crippen LogP contribution in [0.3, 0.4) is 0 Å². The zero-order valence-electron chi connectivity index (χ0n) is 8.94. The maximum absolute atomic E-state index is 9.57. The van der Waals surface area contributed by atoms with Gasteiger partial charge in [0.2, 0.25) is 0 Å². The van der Waals surface area contributed by atoms with Gasteiger partial charge >= 0.3 is 0 Å². The van der Waals surface area contributed by atoms with Gasteiger partial charge in [-0.1, -0.05) is 6.92 Å². The SMILES string of the molecule is CCOCCn1ccc(C(O)CC)c1. The van der Waals surface area contributed by atoms with Gasteiger partial charge in [0, 0.05) is 25.5 Å². The van der Waals surface area contributed by atoms with Crippen molar-refractivity contribution in [3.05, 3.63) is 24.0 Å². The monoisotopic (exact) mass is 197 g/mol. The summed E-state index contributed by atoms with van der Waals surface area (Å²) < 4.78 is 7.30. The van der Waals surface area contributed by atoms with Crippen LogP contribution in [-0.4, -0.2) is 22.9 Å². The molecule has 0 amide bonds. The van der Waals surface area contributed by atoms with Crippen LogP contribution >= 0.6 is 0 Å². The molecule has 0 spiro atoms. The van der Waals surface area contributed by atoms with E-state index in [1.807, 2.05) is 36.9 Å². The molecule has 1 unspecified atom stereocenters. The van der Waals surface area contributed by atoms with E-state index in [0.29, 0.717) is 0 Å². The van der Waals surface area contributed by atoms with Crippen molar-refractivity contribution in [2.75, 3.05) is 13.2 Å². The zero-order valence-corrected chi connectivity index (χ0v) is 8.94. The summed E-state index contributed by atoms with van der Waals surface area (Å²) in [5.41, 5.74) is 0.990. The summed E-state index contributed by atoms with van der Waals surface area (Å²) in [5, 5.41) is 9.57. The van der Waals surface area contributed by atoms with Gasteiger partial charge in [-0.2, -0.15) is 0 Å². The van der Waals surface area contributed by atoms with Gasteiger partial charge in [-0.05, 0) is 25.0 Å². The maximum Gasteiger partial charge on any atom is 0.0802 e. The fourth-order valence-corrected chi connectivity index (χ4v) is 1.35. The Labute approximate surface area is 85.3 Å². The molecule has 3 nitrogen and oxygen atoms in total. The molecule has 3 heteroatoms. The molecule has 1 rings (SSSR count). The topological polar surface area (TPSA) is 34.4 Å². The summed E-state index contributed by atoms with van der Waals surface area (Å²) in [7, 11) is 0. The maximum atomic E-state index is 9.57. The number of rotatable bonds is 6. The van der Waals surface area contributed by atoms with Gasteiger partial charge in [0.05, 0.1) is 12.7 Å². The van der Waals surface area contributed by atoms with Crippen molar-refractivity contribution in [3.8, 4) is 0 Å². The zero-order chi connectivity index (χ0) is 10.4. The summed E-state index contributed by atoms with van der Waals surface area (Å²) >= 11 is 0. The number of nitrogens with zero attached hydrogens (tertiary/aromatic N) is 1. The molecule has 0 fully saturated rings. The molecule has 0 aliphatic heterocycles. The van der Waals surface area contributed by atoms with Crippen molar-refractivity contribution in [1.82, 2.24) is 4.57 Å². The van der Waals surface area contributed by atoms with E-state index in [1.165, 1.54) is 0 Å². The lowest BCUT2D eigenvalue weighted by molar-refractivity contribution is 0.138. The minimum absolute atomic E-state index is 0.330. The standard InChI is InChI=1S/C11H19NO2/c1-3-11(13)10-5-6-12(9-10)7-8-14-4-2/h5-6,9,11,13H,3-4,7-8H2,1-2H3. The van der Waals surface area contributed by atoms with Crippen molar-refractivity contribution < 1.29 is 9.84 Å². The summed E-state index contributed by atoms with van der Waals surface area (Å²) in [5.74, 6) is 0. The van der Waals surface area contributed by atoms with E-state index >= 15 is 0 Å². The van der Waals surface area contributed by atoms with E-state index in [4.69, 9.17) is 4.74 Å². The minimum Gasteiger partial charge on any atom is -0.388 e. The Kier molecular flexibility index (Phi) is 4.70. The average Bonchev–Trinajstić information content (AvgIpc) is 2.66. The highest BCUT2D eigenvalue weighted by molar-refractivity contribution is 5.13. The van der Waals surface area contributed by atoms with Crippen LogP contribution < -0.4 is 0 Å². The number of aromatic nitrogens is 1. The van der Waals surface area contributed by atoms with Gasteiger partial charge in [-0.25, -0.2) is 0 Å². The third-order valence-electron chi connectivity index (χ3n) is 2.24. The van der Waals surface area contributed by atoms with Gasteiger partial charge in [0.15, 0.2) is 0 Å². The van der Waals surface area contributed by atoms with Crippen LogP contribution in [0.5, 0.6) is 0 Å². The van der Waals surface area contributed by atoms with E-state index in [9.17, 15) is 5.11 Å². The first-order valence-electron chi connectivity index (χ1n) is 5.19. The highest BCUT2D eigenvalue weighted by Crippen LogP contribution is 2.15. The van der Waals surface area contributed by atoms with Crippen LogP contribution in [0.4, 0.5) is 0 Å². The molecule has 0 aliphatic rings. The first-order chi connectivity index (χ1) is 6.77. The van der Waals surface area contributed by atoms with E-state index in [1.54, 1.807) is 0 Å². The lowest BCUT2D eigenvalue weighted by Gasteiger charge is -2.05. The molecule has 1 aromatic heterocycles. The first kappa shape index (κ1) is 11.3. The number of aliphatic hydroxyl groups excluding tert-OH is 1. The molecule has 1 aromatic rings. The van der Waals surface area contributed by atoms with Crippen LogP contribution in [0.1, 0.15) is 31.9 Å². The van der Waals surface area contributed by atoms with Gasteiger partial charge < -0.3 is 14.4 Å². The third kappa shape index (κ3) is 3.16. The smallest absolute Gasteiger partial charge is 0.0802 e. The highest BCUT2D eigenvalue weighted by Gasteiger charge is 2.05. The molecule has 0 aromatic carbocycles. The lowest BCUT2D eigenvalue weighted by Crippen LogP contribution is -2.03. The fourth-order valence-electron chi connectivity index (χ4n) is 1.35. The molecule has 0 saturated carbocycles. The second-order valence-electron chi connectivity index (χ2n) is 3.30. The Morgan fingerprint density at radius 3 is 2.93 bits per heavy atom. The Morgan fingerprint density at radius 2 is 2.29 bits per heavy atom. The van der Waals surface area contributed by atoms with E-state index in [-0.39, 0.29) is 6.10 Å². The molecule has 0 aliphatic carbocycles. The molecule has 14 heavy (non-hydrogen) atoms. The predicted molar refractivity (Wildman–Crippen MR) is 56.2 cm³/mol. The summed E-state index contributed by atoms with van der Waals surface area (Å²) in [6.07, 6.45) is 4.39. The van der Waals surface area contributed by atoms with E-state index in [2.05, 4.69) is 0 Å². The van der Waals surface area contributed by atoms with Crippen molar-refractivity contribution in [1.29, 1.82) is 0 Å². The normalized spacial score (nSPS) is 13.1. The molecular formula is C11H19NO2. The summed E-state index contributed by atoms with van der Waals surface area (Å²) in [6, 6.07) is 1.96. The number of hydrogen-bond donors (Lipinski definition) is 1. The Morgan fingerprint density at radius 1 is 1.50 bits per heavy atom. The molecule has 1 N–H and O–H groups in total. The number of hydrogen-bond acceptors (Lipinski definition) is 2. The predicted octanol–water partition coefficient (Wildman–Crippen LogP) is 1.97. The van der Waals surface area contributed by atoms with Crippen LogP contribution in [0, 0.1) is 0 Å². The second kappa shape index (κ2) is 5.83. The quantitative estimate of drug-likeness (QED) is 0.707. The highest BCUT2D eigenvalue weighted by atomic mass is 16.5. The molecular weight excluding hydrogens is 178 g/mol. The Hall–Kier alpha value is -0.800. The molecule has 1 atom stereocenters. The molecule has 0 bridgehead atoms. The Balaban J connectivity index is 2.42. The summed E-state index contributed by atoms with van der Waals surface area (Å²) in [6.45, 7) is 6.30. The van der Waals surface area contributed by atoms with Crippen LogP contribution in [-0.2, 0) is 11.3 Å². The van der Waals surface area contributed by atoms with Crippen molar-refractivity contribution >= 4 is 0 Å². The van der Waals surface area contributed by atoms with Crippen molar-refractivity contribution in [3.63, 3.8) is 0 Å². The largest absolute Gasteiger partial charge is 0.388 e. The summed E-state index contributed by atoms with van der Waals surface area (Å²) in [4.78, 5) is 0. The van der Waals surface area contributed by atoms with Gasteiger partial charge in [-0.3, -0.25) is 0 Å². The van der Waals surface area contributed by atoms with Gasteiger partial charge in [0.1, 0.15) is 0 Å². The lowest BCUT2D eigenvalue weighted by atomic mass is 10.1. The van der Waals surface area contributed by atoms with Crippen molar-refractivity contribution in [2.45, 2.75) is 32.9 Å². The molecule has 0 saturated heterocycles. The molecule has 1 heterocycles. The number of aliphatic hydroxyl groups is 1. The van der Waals surface area contributed by atoms with Gasteiger partial charge in [0.25, 0.3) is 0 Å². The average molecular weight is 197 g/mol. The van der Waals surface area contributed by atoms with Crippen molar-refractivity contribution in [2.24, 2.45) is 0 Å². The Bertz CT molecular complexity index is 258.